The number of carbonyl (C=O) groups is 1. The summed E-state index contributed by atoms with van der Waals surface area (Å²) in [4.78, 5) is 12.0. The Bertz CT molecular complexity index is 768. The summed E-state index contributed by atoms with van der Waals surface area (Å²) in [6.45, 7) is 6.90. The molecule has 2 aromatic rings. The molecule has 2 aromatic carbocycles. The zero-order chi connectivity index (χ0) is 18.2. The summed E-state index contributed by atoms with van der Waals surface area (Å²) in [5, 5.41) is 0. The molecule has 0 aromatic heterocycles. The molecule has 2 rings (SSSR count). The topological polar surface area (TPSA) is 44.8 Å². The third kappa shape index (κ3) is 5.64. The summed E-state index contributed by atoms with van der Waals surface area (Å²) in [7, 11) is 0. The maximum absolute atomic E-state index is 12.0. The van der Waals surface area contributed by atoms with Crippen molar-refractivity contribution in [2.45, 2.75) is 20.8 Å². The molecule has 0 atom stereocenters. The SMILES string of the molecule is CCOc1ccc(/C=C/C(=O)Oc2ccc(C)cc2Br)cc1OCC. The van der Waals surface area contributed by atoms with Gasteiger partial charge >= 0.3 is 5.97 Å². The predicted molar refractivity (Wildman–Crippen MR) is 102 cm³/mol. The Labute approximate surface area is 156 Å². The molecule has 0 radical (unpaired) electrons. The van der Waals surface area contributed by atoms with Crippen LogP contribution in [0.15, 0.2) is 46.9 Å². The molecular weight excluding hydrogens is 384 g/mol. The second-order valence-corrected chi connectivity index (χ2v) is 6.11. The number of halogens is 1. The Morgan fingerprint density at radius 2 is 1.68 bits per heavy atom. The highest BCUT2D eigenvalue weighted by atomic mass is 79.9. The second-order valence-electron chi connectivity index (χ2n) is 5.26. The normalized spacial score (nSPS) is 10.7. The molecule has 0 spiro atoms. The lowest BCUT2D eigenvalue weighted by molar-refractivity contribution is -0.128. The quantitative estimate of drug-likeness (QED) is 0.362. The monoisotopic (exact) mass is 404 g/mol. The van der Waals surface area contributed by atoms with Crippen LogP contribution in [0.2, 0.25) is 0 Å². The molecular formula is C20H21BrO4. The summed E-state index contributed by atoms with van der Waals surface area (Å²) in [6, 6.07) is 11.1. The highest BCUT2D eigenvalue weighted by molar-refractivity contribution is 9.10. The van der Waals surface area contributed by atoms with Crippen molar-refractivity contribution in [3.63, 3.8) is 0 Å². The fraction of sp³-hybridized carbons (Fsp3) is 0.250. The van der Waals surface area contributed by atoms with Gasteiger partial charge in [-0.2, -0.15) is 0 Å². The van der Waals surface area contributed by atoms with Crippen molar-refractivity contribution in [3.8, 4) is 17.2 Å². The predicted octanol–water partition coefficient (Wildman–Crippen LogP) is 5.17. The van der Waals surface area contributed by atoms with E-state index in [1.165, 1.54) is 6.08 Å². The van der Waals surface area contributed by atoms with Gasteiger partial charge < -0.3 is 14.2 Å². The Kier molecular flexibility index (Phi) is 7.07. The molecule has 5 heteroatoms. The van der Waals surface area contributed by atoms with Gasteiger partial charge in [0.05, 0.1) is 17.7 Å². The smallest absolute Gasteiger partial charge is 0.336 e. The highest BCUT2D eigenvalue weighted by Gasteiger charge is 2.07. The van der Waals surface area contributed by atoms with Crippen LogP contribution in [0.5, 0.6) is 17.2 Å². The highest BCUT2D eigenvalue weighted by Crippen LogP contribution is 2.29. The van der Waals surface area contributed by atoms with Crippen LogP contribution in [-0.2, 0) is 4.79 Å². The number of aryl methyl sites for hydroxylation is 1. The Morgan fingerprint density at radius 1 is 1.00 bits per heavy atom. The van der Waals surface area contributed by atoms with Crippen molar-refractivity contribution in [2.75, 3.05) is 13.2 Å². The van der Waals surface area contributed by atoms with Gasteiger partial charge in [0, 0.05) is 6.08 Å². The van der Waals surface area contributed by atoms with Crippen molar-refractivity contribution < 1.29 is 19.0 Å². The van der Waals surface area contributed by atoms with Crippen LogP contribution in [-0.4, -0.2) is 19.2 Å². The van der Waals surface area contributed by atoms with Gasteiger partial charge in [-0.1, -0.05) is 12.1 Å². The molecule has 25 heavy (non-hydrogen) atoms. The van der Waals surface area contributed by atoms with Crippen molar-refractivity contribution in [2.24, 2.45) is 0 Å². The van der Waals surface area contributed by atoms with Gasteiger partial charge in [-0.05, 0) is 78.2 Å². The first-order valence-electron chi connectivity index (χ1n) is 8.09. The molecule has 0 saturated carbocycles. The molecule has 0 aliphatic rings. The Morgan fingerprint density at radius 3 is 2.36 bits per heavy atom. The van der Waals surface area contributed by atoms with E-state index in [-0.39, 0.29) is 0 Å². The van der Waals surface area contributed by atoms with Gasteiger partial charge in [0.2, 0.25) is 0 Å². The minimum absolute atomic E-state index is 0.448. The molecule has 0 bridgehead atoms. The number of rotatable bonds is 7. The average Bonchev–Trinajstić information content (AvgIpc) is 2.58. The van der Waals surface area contributed by atoms with Crippen LogP contribution in [0.3, 0.4) is 0 Å². The van der Waals surface area contributed by atoms with E-state index in [9.17, 15) is 4.79 Å². The summed E-state index contributed by atoms with van der Waals surface area (Å²) in [6.07, 6.45) is 3.07. The average molecular weight is 405 g/mol. The number of hydrogen-bond acceptors (Lipinski definition) is 4. The first-order valence-corrected chi connectivity index (χ1v) is 8.88. The van der Waals surface area contributed by atoms with Crippen molar-refractivity contribution in [1.29, 1.82) is 0 Å². The van der Waals surface area contributed by atoms with E-state index in [4.69, 9.17) is 14.2 Å². The molecule has 0 heterocycles. The molecule has 4 nitrogen and oxygen atoms in total. The molecule has 0 aliphatic carbocycles. The summed E-state index contributed by atoms with van der Waals surface area (Å²) < 4.78 is 17.2. The Hall–Kier alpha value is -2.27. The van der Waals surface area contributed by atoms with E-state index in [0.717, 1.165) is 15.6 Å². The maximum atomic E-state index is 12.0. The molecule has 132 valence electrons. The lowest BCUT2D eigenvalue weighted by Gasteiger charge is -2.11. The van der Waals surface area contributed by atoms with Crippen molar-refractivity contribution in [3.05, 3.63) is 58.1 Å². The van der Waals surface area contributed by atoms with E-state index < -0.39 is 5.97 Å². The van der Waals surface area contributed by atoms with Crippen LogP contribution in [0.4, 0.5) is 0 Å². The van der Waals surface area contributed by atoms with E-state index in [1.807, 2.05) is 51.1 Å². The fourth-order valence-electron chi connectivity index (χ4n) is 2.17. The van der Waals surface area contributed by atoms with Crippen molar-refractivity contribution in [1.82, 2.24) is 0 Å². The van der Waals surface area contributed by atoms with Gasteiger partial charge in [0.1, 0.15) is 5.75 Å². The van der Waals surface area contributed by atoms with E-state index in [2.05, 4.69) is 15.9 Å². The van der Waals surface area contributed by atoms with Gasteiger partial charge in [0.25, 0.3) is 0 Å². The molecule has 0 unspecified atom stereocenters. The van der Waals surface area contributed by atoms with Crippen LogP contribution in [0.25, 0.3) is 6.08 Å². The second kappa shape index (κ2) is 9.28. The lowest BCUT2D eigenvalue weighted by Crippen LogP contribution is -2.04. The molecule has 0 fully saturated rings. The van der Waals surface area contributed by atoms with Gasteiger partial charge in [-0.25, -0.2) is 4.79 Å². The van der Waals surface area contributed by atoms with Gasteiger partial charge in [-0.3, -0.25) is 0 Å². The zero-order valence-corrected chi connectivity index (χ0v) is 16.1. The van der Waals surface area contributed by atoms with E-state index in [1.54, 1.807) is 12.1 Å². The largest absolute Gasteiger partial charge is 0.490 e. The van der Waals surface area contributed by atoms with Crippen molar-refractivity contribution >= 4 is 28.0 Å². The number of benzene rings is 2. The van der Waals surface area contributed by atoms with Crippen LogP contribution in [0.1, 0.15) is 25.0 Å². The lowest BCUT2D eigenvalue weighted by atomic mass is 10.2. The van der Waals surface area contributed by atoms with Crippen LogP contribution in [0, 0.1) is 6.92 Å². The molecule has 0 N–H and O–H groups in total. The zero-order valence-electron chi connectivity index (χ0n) is 14.5. The van der Waals surface area contributed by atoms with Gasteiger partial charge in [0.15, 0.2) is 11.5 Å². The summed E-state index contributed by atoms with van der Waals surface area (Å²) in [5.41, 5.74) is 1.91. The number of hydrogen-bond donors (Lipinski definition) is 0. The first-order chi connectivity index (χ1) is 12.0. The van der Waals surface area contributed by atoms with E-state index >= 15 is 0 Å². The maximum Gasteiger partial charge on any atom is 0.336 e. The molecule has 0 amide bonds. The third-order valence-electron chi connectivity index (χ3n) is 3.28. The fourth-order valence-corrected chi connectivity index (χ4v) is 2.74. The summed E-state index contributed by atoms with van der Waals surface area (Å²) in [5.74, 6) is 1.38. The minimum atomic E-state index is -0.448. The Balaban J connectivity index is 2.09. The van der Waals surface area contributed by atoms with Crippen LogP contribution >= 0.6 is 15.9 Å². The summed E-state index contributed by atoms with van der Waals surface area (Å²) >= 11 is 3.39. The van der Waals surface area contributed by atoms with Gasteiger partial charge in [-0.15, -0.1) is 0 Å². The number of ether oxygens (including phenoxy) is 3. The number of carbonyl (C=O) groups excluding carboxylic acids is 1. The molecule has 0 aliphatic heterocycles. The van der Waals surface area contributed by atoms with E-state index in [0.29, 0.717) is 30.5 Å². The van der Waals surface area contributed by atoms with Crippen LogP contribution < -0.4 is 14.2 Å². The number of esters is 1. The third-order valence-corrected chi connectivity index (χ3v) is 3.90. The molecule has 0 saturated heterocycles. The standard InChI is InChI=1S/C20H21BrO4/c1-4-23-18-10-7-15(13-19(18)24-5-2)8-11-20(22)25-17-9-6-14(3)12-16(17)21/h6-13H,4-5H2,1-3H3/b11-8+. The minimum Gasteiger partial charge on any atom is -0.490 e. The first kappa shape index (κ1) is 19.1.